The van der Waals surface area contributed by atoms with Gasteiger partial charge in [-0.15, -0.1) is 0 Å². The summed E-state index contributed by atoms with van der Waals surface area (Å²) in [7, 11) is 1.69. The molecule has 0 spiro atoms. The minimum Gasteiger partial charge on any atom is -0.495 e. The van der Waals surface area contributed by atoms with Gasteiger partial charge < -0.3 is 10.5 Å². The zero-order chi connectivity index (χ0) is 14.4. The maximum atomic E-state index is 6.45. The van der Waals surface area contributed by atoms with E-state index in [9.17, 15) is 0 Å². The Labute approximate surface area is 122 Å². The minimum atomic E-state index is 0.0123. The van der Waals surface area contributed by atoms with Crippen molar-refractivity contribution in [3.05, 3.63) is 24.0 Å². The van der Waals surface area contributed by atoms with E-state index in [2.05, 4.69) is 11.9 Å². The summed E-state index contributed by atoms with van der Waals surface area (Å²) in [5.74, 6) is 2.30. The molecule has 1 saturated carbocycles. The lowest BCUT2D eigenvalue weighted by atomic mass is 9.76. The van der Waals surface area contributed by atoms with Crippen LogP contribution in [0.2, 0.25) is 0 Å². The van der Waals surface area contributed by atoms with E-state index >= 15 is 0 Å². The molecule has 0 aliphatic heterocycles. The van der Waals surface area contributed by atoms with Gasteiger partial charge in [0.2, 0.25) is 0 Å². The van der Waals surface area contributed by atoms with Gasteiger partial charge in [0, 0.05) is 6.20 Å². The predicted octanol–water partition coefficient (Wildman–Crippen LogP) is 4.09. The first-order valence-corrected chi connectivity index (χ1v) is 8.00. The molecule has 2 rings (SSSR count). The molecule has 1 atom stereocenters. The fourth-order valence-electron chi connectivity index (χ4n) is 3.38. The number of pyridine rings is 1. The second-order valence-corrected chi connectivity index (χ2v) is 6.04. The van der Waals surface area contributed by atoms with E-state index < -0.39 is 0 Å². The number of nitrogens with zero attached hydrogens (tertiary/aromatic N) is 1. The Morgan fingerprint density at radius 3 is 2.75 bits per heavy atom. The second kappa shape index (κ2) is 7.63. The zero-order valence-electron chi connectivity index (χ0n) is 12.8. The molecule has 0 amide bonds. The Morgan fingerprint density at radius 1 is 1.35 bits per heavy atom. The fraction of sp³-hybridized carbons (Fsp3) is 0.706. The summed E-state index contributed by atoms with van der Waals surface area (Å²) in [6.07, 6.45) is 11.0. The van der Waals surface area contributed by atoms with Crippen molar-refractivity contribution in [2.45, 2.75) is 57.9 Å². The van der Waals surface area contributed by atoms with Gasteiger partial charge in [-0.05, 0) is 36.8 Å². The summed E-state index contributed by atoms with van der Waals surface area (Å²) in [4.78, 5) is 4.44. The van der Waals surface area contributed by atoms with Crippen LogP contribution in [0, 0.1) is 11.8 Å². The van der Waals surface area contributed by atoms with Crippen LogP contribution in [0.3, 0.4) is 0 Å². The number of methoxy groups -OCH3 is 1. The van der Waals surface area contributed by atoms with Crippen LogP contribution in [0.15, 0.2) is 18.3 Å². The number of hydrogen-bond acceptors (Lipinski definition) is 3. The Balaban J connectivity index is 1.93. The number of ether oxygens (including phenoxy) is 1. The molecule has 0 radical (unpaired) electrons. The summed E-state index contributed by atoms with van der Waals surface area (Å²) >= 11 is 0. The average Bonchev–Trinajstić information content (AvgIpc) is 2.52. The highest BCUT2D eigenvalue weighted by atomic mass is 16.5. The van der Waals surface area contributed by atoms with Crippen LogP contribution in [0.4, 0.5) is 0 Å². The van der Waals surface area contributed by atoms with Crippen molar-refractivity contribution in [1.82, 2.24) is 4.98 Å². The van der Waals surface area contributed by atoms with E-state index in [0.29, 0.717) is 5.92 Å². The lowest BCUT2D eigenvalue weighted by Gasteiger charge is -2.32. The van der Waals surface area contributed by atoms with Crippen molar-refractivity contribution in [2.75, 3.05) is 7.11 Å². The normalized spacial score (nSPS) is 24.4. The van der Waals surface area contributed by atoms with Crippen molar-refractivity contribution in [3.63, 3.8) is 0 Å². The minimum absolute atomic E-state index is 0.0123. The molecule has 1 aliphatic carbocycles. The summed E-state index contributed by atoms with van der Waals surface area (Å²) < 4.78 is 5.39. The molecule has 1 fully saturated rings. The highest BCUT2D eigenvalue weighted by molar-refractivity contribution is 5.29. The molecule has 2 N–H and O–H groups in total. The Kier molecular flexibility index (Phi) is 5.84. The average molecular weight is 276 g/mol. The third-order valence-corrected chi connectivity index (χ3v) is 4.70. The van der Waals surface area contributed by atoms with Crippen molar-refractivity contribution >= 4 is 0 Å². The number of aromatic nitrogens is 1. The van der Waals surface area contributed by atoms with Crippen molar-refractivity contribution in [2.24, 2.45) is 17.6 Å². The van der Waals surface area contributed by atoms with E-state index in [1.54, 1.807) is 7.11 Å². The zero-order valence-corrected chi connectivity index (χ0v) is 12.8. The van der Waals surface area contributed by atoms with Gasteiger partial charge in [0.25, 0.3) is 0 Å². The van der Waals surface area contributed by atoms with Gasteiger partial charge in [0.1, 0.15) is 5.75 Å². The maximum absolute atomic E-state index is 6.45. The topological polar surface area (TPSA) is 48.1 Å². The Morgan fingerprint density at radius 2 is 2.10 bits per heavy atom. The van der Waals surface area contributed by atoms with Crippen LogP contribution < -0.4 is 10.5 Å². The molecule has 1 aliphatic rings. The van der Waals surface area contributed by atoms with Crippen LogP contribution in [0.5, 0.6) is 5.75 Å². The summed E-state index contributed by atoms with van der Waals surface area (Å²) in [6.45, 7) is 2.27. The highest BCUT2D eigenvalue weighted by Crippen LogP contribution is 2.38. The van der Waals surface area contributed by atoms with E-state index in [1.807, 2.05) is 18.3 Å². The smallest absolute Gasteiger partial charge is 0.141 e. The van der Waals surface area contributed by atoms with Crippen LogP contribution >= 0.6 is 0 Å². The predicted molar refractivity (Wildman–Crippen MR) is 82.7 cm³/mol. The molecule has 0 aromatic carbocycles. The second-order valence-electron chi connectivity index (χ2n) is 6.04. The molecular formula is C17H28N2O. The number of nitrogens with two attached hydrogens (primary N) is 1. The van der Waals surface area contributed by atoms with Gasteiger partial charge in [-0.1, -0.05) is 39.0 Å². The molecule has 0 saturated heterocycles. The third kappa shape index (κ3) is 3.72. The quantitative estimate of drug-likeness (QED) is 0.851. The first kappa shape index (κ1) is 15.3. The van der Waals surface area contributed by atoms with Gasteiger partial charge in [-0.2, -0.15) is 0 Å². The van der Waals surface area contributed by atoms with Crippen LogP contribution in [-0.2, 0) is 0 Å². The van der Waals surface area contributed by atoms with E-state index in [4.69, 9.17) is 10.5 Å². The molecular weight excluding hydrogens is 248 g/mol. The van der Waals surface area contributed by atoms with Crippen molar-refractivity contribution in [3.8, 4) is 5.75 Å². The molecule has 1 aromatic rings. The number of rotatable bonds is 6. The summed E-state index contributed by atoms with van der Waals surface area (Å²) in [5.41, 5.74) is 7.37. The molecule has 1 aromatic heterocycles. The van der Waals surface area contributed by atoms with Crippen LogP contribution in [-0.4, -0.2) is 12.1 Å². The molecule has 112 valence electrons. The molecule has 3 nitrogen and oxygen atoms in total. The van der Waals surface area contributed by atoms with E-state index in [0.717, 1.165) is 17.4 Å². The van der Waals surface area contributed by atoms with Gasteiger partial charge in [0.15, 0.2) is 0 Å². The van der Waals surface area contributed by atoms with E-state index in [1.165, 1.54) is 44.9 Å². The standard InChI is InChI=1S/C17H28N2O/c1-3-4-6-13-8-10-14(11-9-13)16(18)17-15(20-2)7-5-12-19-17/h5,7,12-14,16H,3-4,6,8-11,18H2,1-2H3. The molecule has 20 heavy (non-hydrogen) atoms. The van der Waals surface area contributed by atoms with Crippen LogP contribution in [0.1, 0.15) is 63.6 Å². The van der Waals surface area contributed by atoms with Gasteiger partial charge in [0.05, 0.1) is 18.8 Å². The molecule has 3 heteroatoms. The molecule has 1 unspecified atom stereocenters. The Hall–Kier alpha value is -1.09. The van der Waals surface area contributed by atoms with Gasteiger partial charge in [-0.25, -0.2) is 0 Å². The van der Waals surface area contributed by atoms with E-state index in [-0.39, 0.29) is 6.04 Å². The van der Waals surface area contributed by atoms with Gasteiger partial charge in [-0.3, -0.25) is 4.98 Å². The number of unbranched alkanes of at least 4 members (excludes halogenated alkanes) is 1. The number of hydrogen-bond donors (Lipinski definition) is 1. The molecule has 0 bridgehead atoms. The monoisotopic (exact) mass is 276 g/mol. The summed E-state index contributed by atoms with van der Waals surface area (Å²) in [5, 5.41) is 0. The van der Waals surface area contributed by atoms with Crippen LogP contribution in [0.25, 0.3) is 0 Å². The highest BCUT2D eigenvalue weighted by Gasteiger charge is 2.28. The third-order valence-electron chi connectivity index (χ3n) is 4.70. The largest absolute Gasteiger partial charge is 0.495 e. The first-order valence-electron chi connectivity index (χ1n) is 8.00. The lowest BCUT2D eigenvalue weighted by Crippen LogP contribution is -2.27. The fourth-order valence-corrected chi connectivity index (χ4v) is 3.38. The Bertz CT molecular complexity index is 400. The van der Waals surface area contributed by atoms with Gasteiger partial charge >= 0.3 is 0 Å². The van der Waals surface area contributed by atoms with Crippen molar-refractivity contribution < 1.29 is 4.74 Å². The first-order chi connectivity index (χ1) is 9.76. The SMILES string of the molecule is CCCCC1CCC(C(N)c2ncccc2OC)CC1. The summed E-state index contributed by atoms with van der Waals surface area (Å²) in [6, 6.07) is 3.87. The van der Waals surface area contributed by atoms with Crippen molar-refractivity contribution in [1.29, 1.82) is 0 Å². The lowest BCUT2D eigenvalue weighted by molar-refractivity contribution is 0.228. The molecule has 1 heterocycles. The maximum Gasteiger partial charge on any atom is 0.141 e.